The zero-order chi connectivity index (χ0) is 16.2. The molecule has 1 aliphatic rings. The molecule has 0 aliphatic carbocycles. The molecular weight excluding hydrogens is 288 g/mol. The number of hydrogen-bond donors (Lipinski definition) is 1. The summed E-state index contributed by atoms with van der Waals surface area (Å²) in [6.07, 6.45) is 3.42. The van der Waals surface area contributed by atoms with Gasteiger partial charge in [0.05, 0.1) is 17.2 Å². The second kappa shape index (κ2) is 7.09. The summed E-state index contributed by atoms with van der Waals surface area (Å²) in [5.74, 6) is 0.265. The highest BCUT2D eigenvalue weighted by Gasteiger charge is 2.17. The largest absolute Gasteiger partial charge is 0.378 e. The summed E-state index contributed by atoms with van der Waals surface area (Å²) in [5.41, 5.74) is 2.54. The molecule has 0 spiro atoms. The smallest absolute Gasteiger partial charge is 0.252 e. The van der Waals surface area contributed by atoms with Crippen molar-refractivity contribution in [1.29, 1.82) is 0 Å². The number of amides is 1. The van der Waals surface area contributed by atoms with Gasteiger partial charge in [-0.25, -0.2) is 0 Å². The highest BCUT2D eigenvalue weighted by molar-refractivity contribution is 6.06. The molecule has 1 aliphatic heterocycles. The van der Waals surface area contributed by atoms with E-state index in [1.165, 1.54) is 0 Å². The third-order valence-electron chi connectivity index (χ3n) is 4.35. The van der Waals surface area contributed by atoms with Crippen LogP contribution in [-0.2, 0) is 4.74 Å². The Kier molecular flexibility index (Phi) is 4.91. The molecule has 122 valence electrons. The molecule has 1 aromatic heterocycles. The first kappa shape index (κ1) is 15.9. The van der Waals surface area contributed by atoms with E-state index < -0.39 is 0 Å². The first-order valence-corrected chi connectivity index (χ1v) is 8.44. The number of carbonyl (C=O) groups is 1. The lowest BCUT2D eigenvalue weighted by atomic mass is 10.0. The molecule has 0 radical (unpaired) electrons. The van der Waals surface area contributed by atoms with Gasteiger partial charge in [-0.1, -0.05) is 32.0 Å². The Morgan fingerprint density at radius 2 is 2.22 bits per heavy atom. The number of hydrogen-bond acceptors (Lipinski definition) is 3. The van der Waals surface area contributed by atoms with Crippen LogP contribution >= 0.6 is 0 Å². The van der Waals surface area contributed by atoms with Crippen molar-refractivity contribution in [3.05, 3.63) is 41.6 Å². The van der Waals surface area contributed by atoms with Crippen molar-refractivity contribution in [3.8, 4) is 0 Å². The Bertz CT molecular complexity index is 691. The van der Waals surface area contributed by atoms with Crippen molar-refractivity contribution < 1.29 is 9.53 Å². The molecular formula is C19H24N2O2. The minimum Gasteiger partial charge on any atom is -0.378 e. The Hall–Kier alpha value is -1.94. The van der Waals surface area contributed by atoms with Gasteiger partial charge in [0.15, 0.2) is 0 Å². The number of para-hydroxylation sites is 1. The summed E-state index contributed by atoms with van der Waals surface area (Å²) < 4.78 is 5.60. The van der Waals surface area contributed by atoms with E-state index in [4.69, 9.17) is 4.74 Å². The van der Waals surface area contributed by atoms with Crippen LogP contribution in [0.1, 0.15) is 55.1 Å². The minimum atomic E-state index is -0.0245. The number of aromatic nitrogens is 1. The van der Waals surface area contributed by atoms with Crippen LogP contribution in [0, 0.1) is 0 Å². The van der Waals surface area contributed by atoms with E-state index in [1.54, 1.807) is 0 Å². The van der Waals surface area contributed by atoms with Gasteiger partial charge in [0.1, 0.15) is 0 Å². The van der Waals surface area contributed by atoms with Gasteiger partial charge in [-0.2, -0.15) is 0 Å². The molecule has 23 heavy (non-hydrogen) atoms. The van der Waals surface area contributed by atoms with E-state index in [0.717, 1.165) is 42.5 Å². The molecule has 0 saturated carbocycles. The zero-order valence-electron chi connectivity index (χ0n) is 13.8. The maximum atomic E-state index is 12.6. The average molecular weight is 312 g/mol. The van der Waals surface area contributed by atoms with Crippen molar-refractivity contribution in [3.63, 3.8) is 0 Å². The normalized spacial score (nSPS) is 17.8. The van der Waals surface area contributed by atoms with Gasteiger partial charge in [-0.3, -0.25) is 9.78 Å². The van der Waals surface area contributed by atoms with Gasteiger partial charge in [0.2, 0.25) is 0 Å². The highest BCUT2D eigenvalue weighted by atomic mass is 16.5. The van der Waals surface area contributed by atoms with E-state index in [1.807, 2.05) is 30.3 Å². The number of benzene rings is 1. The van der Waals surface area contributed by atoms with Crippen LogP contribution in [0.25, 0.3) is 10.9 Å². The molecule has 1 N–H and O–H groups in total. The van der Waals surface area contributed by atoms with Crippen molar-refractivity contribution in [2.45, 2.75) is 45.1 Å². The summed E-state index contributed by atoms with van der Waals surface area (Å²) in [6, 6.07) is 9.75. The third kappa shape index (κ3) is 3.70. The lowest BCUT2D eigenvalue weighted by Gasteiger charge is -2.13. The molecule has 4 heteroatoms. The molecule has 3 rings (SSSR count). The first-order chi connectivity index (χ1) is 11.1. The Balaban J connectivity index is 1.78. The van der Waals surface area contributed by atoms with Crippen LogP contribution in [0.3, 0.4) is 0 Å². The van der Waals surface area contributed by atoms with Gasteiger partial charge < -0.3 is 10.1 Å². The molecule has 1 amide bonds. The fourth-order valence-corrected chi connectivity index (χ4v) is 2.99. The number of nitrogens with zero attached hydrogens (tertiary/aromatic N) is 1. The number of fused-ring (bicyclic) bond motifs is 1. The SMILES string of the molecule is CC(C)c1cc(C(=O)NCC[C@@H]2CCCO2)c2ccccc2n1. The predicted octanol–water partition coefficient (Wildman–Crippen LogP) is 3.66. The third-order valence-corrected chi connectivity index (χ3v) is 4.35. The van der Waals surface area contributed by atoms with Gasteiger partial charge in [-0.15, -0.1) is 0 Å². The van der Waals surface area contributed by atoms with Crippen molar-refractivity contribution >= 4 is 16.8 Å². The zero-order valence-corrected chi connectivity index (χ0v) is 13.8. The van der Waals surface area contributed by atoms with E-state index in [9.17, 15) is 4.79 Å². The second-order valence-corrected chi connectivity index (χ2v) is 6.45. The molecule has 0 bridgehead atoms. The standard InChI is InChI=1S/C19H24N2O2/c1-13(2)18-12-16(15-7-3-4-8-17(15)21-18)19(22)20-10-9-14-6-5-11-23-14/h3-4,7-8,12-14H,5-6,9-11H2,1-2H3,(H,20,22)/t14-/m0/s1. The summed E-state index contributed by atoms with van der Waals surface area (Å²) in [6.45, 7) is 5.69. The Morgan fingerprint density at radius 3 is 2.96 bits per heavy atom. The van der Waals surface area contributed by atoms with Crippen LogP contribution in [0.15, 0.2) is 30.3 Å². The fraction of sp³-hybridized carbons (Fsp3) is 0.474. The Morgan fingerprint density at radius 1 is 1.39 bits per heavy atom. The number of nitrogens with one attached hydrogen (secondary N) is 1. The predicted molar refractivity (Wildman–Crippen MR) is 91.8 cm³/mol. The molecule has 1 saturated heterocycles. The molecule has 2 aromatic rings. The van der Waals surface area contributed by atoms with Crippen molar-refractivity contribution in [2.24, 2.45) is 0 Å². The van der Waals surface area contributed by atoms with E-state index >= 15 is 0 Å². The van der Waals surface area contributed by atoms with E-state index in [-0.39, 0.29) is 11.8 Å². The van der Waals surface area contributed by atoms with Crippen LogP contribution in [-0.4, -0.2) is 30.1 Å². The Labute approximate surface area is 137 Å². The average Bonchev–Trinajstić information content (AvgIpc) is 3.07. The summed E-state index contributed by atoms with van der Waals surface area (Å²) in [5, 5.41) is 3.95. The molecule has 1 atom stereocenters. The molecule has 2 heterocycles. The van der Waals surface area contributed by atoms with Gasteiger partial charge in [-0.05, 0) is 37.3 Å². The number of rotatable bonds is 5. The number of ether oxygens (including phenoxy) is 1. The van der Waals surface area contributed by atoms with Crippen molar-refractivity contribution in [2.75, 3.05) is 13.2 Å². The first-order valence-electron chi connectivity index (χ1n) is 8.44. The highest BCUT2D eigenvalue weighted by Crippen LogP contribution is 2.22. The maximum absolute atomic E-state index is 12.6. The number of carbonyl (C=O) groups excluding carboxylic acids is 1. The second-order valence-electron chi connectivity index (χ2n) is 6.45. The summed E-state index contributed by atoms with van der Waals surface area (Å²) in [4.78, 5) is 17.3. The fourth-order valence-electron chi connectivity index (χ4n) is 2.99. The van der Waals surface area contributed by atoms with Crippen LogP contribution in [0.2, 0.25) is 0 Å². The quantitative estimate of drug-likeness (QED) is 0.916. The number of pyridine rings is 1. The van der Waals surface area contributed by atoms with E-state index in [0.29, 0.717) is 18.2 Å². The lowest BCUT2D eigenvalue weighted by Crippen LogP contribution is -2.27. The van der Waals surface area contributed by atoms with Gasteiger partial charge in [0, 0.05) is 24.2 Å². The topological polar surface area (TPSA) is 51.2 Å². The summed E-state index contributed by atoms with van der Waals surface area (Å²) >= 11 is 0. The van der Waals surface area contributed by atoms with Crippen LogP contribution < -0.4 is 5.32 Å². The lowest BCUT2D eigenvalue weighted by molar-refractivity contribution is 0.0908. The van der Waals surface area contributed by atoms with Crippen molar-refractivity contribution in [1.82, 2.24) is 10.3 Å². The monoisotopic (exact) mass is 312 g/mol. The molecule has 0 unspecified atom stereocenters. The maximum Gasteiger partial charge on any atom is 0.252 e. The van der Waals surface area contributed by atoms with Gasteiger partial charge >= 0.3 is 0 Å². The molecule has 1 aromatic carbocycles. The van der Waals surface area contributed by atoms with Crippen LogP contribution in [0.4, 0.5) is 0 Å². The minimum absolute atomic E-state index is 0.0245. The van der Waals surface area contributed by atoms with Crippen LogP contribution in [0.5, 0.6) is 0 Å². The summed E-state index contributed by atoms with van der Waals surface area (Å²) in [7, 11) is 0. The molecule has 1 fully saturated rings. The van der Waals surface area contributed by atoms with E-state index in [2.05, 4.69) is 24.1 Å². The molecule has 4 nitrogen and oxygen atoms in total. The van der Waals surface area contributed by atoms with Gasteiger partial charge in [0.25, 0.3) is 5.91 Å².